The van der Waals surface area contributed by atoms with Gasteiger partial charge in [0, 0.05) is 6.54 Å². The monoisotopic (exact) mass is 140 g/mol. The Kier molecular flexibility index (Phi) is 2.09. The van der Waals surface area contributed by atoms with Crippen molar-refractivity contribution < 1.29 is 5.11 Å². The fourth-order valence-corrected chi connectivity index (χ4v) is 0.901. The van der Waals surface area contributed by atoms with Crippen molar-refractivity contribution in [2.45, 2.75) is 13.2 Å². The van der Waals surface area contributed by atoms with Gasteiger partial charge in [0.2, 0.25) is 0 Å². The topological polar surface area (TPSA) is 58.3 Å². The number of aliphatic hydroxyl groups is 1. The minimum atomic E-state index is -0.552. The molecule has 56 valence electrons. The summed E-state index contributed by atoms with van der Waals surface area (Å²) in [6.45, 7) is 2.35. The molecule has 1 rings (SSSR count). The van der Waals surface area contributed by atoms with Gasteiger partial charge in [0.25, 0.3) is 0 Å². The van der Waals surface area contributed by atoms with Crippen LogP contribution in [0, 0.1) is 0 Å². The van der Waals surface area contributed by atoms with Crippen molar-refractivity contribution >= 4 is 0 Å². The highest BCUT2D eigenvalue weighted by Gasteiger charge is 2.10. The molecule has 0 fully saturated rings. The average Bonchev–Trinajstić information content (AvgIpc) is 1.95. The number of rotatable bonds is 1. The zero-order valence-electron chi connectivity index (χ0n) is 5.96. The highest BCUT2D eigenvalue weighted by molar-refractivity contribution is 5.30. The first-order valence-electron chi connectivity index (χ1n) is 3.26. The maximum absolute atomic E-state index is 9.20. The summed E-state index contributed by atoms with van der Waals surface area (Å²) in [7, 11) is 0. The lowest BCUT2D eigenvalue weighted by molar-refractivity contribution is 0.187. The van der Waals surface area contributed by atoms with E-state index in [1.54, 1.807) is 6.20 Å². The van der Waals surface area contributed by atoms with Gasteiger partial charge in [-0.2, -0.15) is 0 Å². The molecule has 1 aliphatic rings. The van der Waals surface area contributed by atoms with E-state index in [1.807, 2.05) is 13.0 Å². The second-order valence-corrected chi connectivity index (χ2v) is 2.31. The standard InChI is InChI=1S/C7H12N2O/c1-5-6(4-8)2-3-9-7(5)10/h2-3,7,9-10H,4,8H2,1H3. The number of dihydropyridines is 1. The summed E-state index contributed by atoms with van der Waals surface area (Å²) in [4.78, 5) is 0. The largest absolute Gasteiger partial charge is 0.370 e. The summed E-state index contributed by atoms with van der Waals surface area (Å²) in [6.07, 6.45) is 3.03. The predicted octanol–water partition coefficient (Wildman–Crippen LogP) is -0.303. The molecular formula is C7H12N2O. The summed E-state index contributed by atoms with van der Waals surface area (Å²) in [5.74, 6) is 0. The van der Waals surface area contributed by atoms with Crippen LogP contribution < -0.4 is 11.1 Å². The molecule has 10 heavy (non-hydrogen) atoms. The summed E-state index contributed by atoms with van der Waals surface area (Å²) in [6, 6.07) is 0. The van der Waals surface area contributed by atoms with Crippen molar-refractivity contribution in [2.24, 2.45) is 5.73 Å². The van der Waals surface area contributed by atoms with Crippen LogP contribution in [0.2, 0.25) is 0 Å². The summed E-state index contributed by atoms with van der Waals surface area (Å²) in [5, 5.41) is 12.0. The second kappa shape index (κ2) is 2.86. The van der Waals surface area contributed by atoms with Crippen LogP contribution >= 0.6 is 0 Å². The molecule has 0 saturated heterocycles. The molecule has 0 aromatic carbocycles. The lowest BCUT2D eigenvalue weighted by Gasteiger charge is -2.18. The molecule has 3 nitrogen and oxygen atoms in total. The molecule has 3 heteroatoms. The van der Waals surface area contributed by atoms with Crippen LogP contribution in [-0.4, -0.2) is 17.9 Å². The number of nitrogens with one attached hydrogen (secondary N) is 1. The van der Waals surface area contributed by atoms with Gasteiger partial charge in [-0.25, -0.2) is 0 Å². The zero-order chi connectivity index (χ0) is 7.56. The number of hydrogen-bond acceptors (Lipinski definition) is 3. The summed E-state index contributed by atoms with van der Waals surface area (Å²) >= 11 is 0. The molecule has 0 aliphatic carbocycles. The Bertz CT molecular complexity index is 184. The minimum absolute atomic E-state index is 0.487. The maximum atomic E-state index is 9.20. The van der Waals surface area contributed by atoms with E-state index in [2.05, 4.69) is 5.32 Å². The minimum Gasteiger partial charge on any atom is -0.370 e. The van der Waals surface area contributed by atoms with Gasteiger partial charge < -0.3 is 16.2 Å². The third kappa shape index (κ3) is 1.20. The van der Waals surface area contributed by atoms with E-state index < -0.39 is 6.23 Å². The van der Waals surface area contributed by atoms with Gasteiger partial charge in [-0.1, -0.05) is 0 Å². The van der Waals surface area contributed by atoms with Crippen LogP contribution in [-0.2, 0) is 0 Å². The lowest BCUT2D eigenvalue weighted by Crippen LogP contribution is -2.29. The van der Waals surface area contributed by atoms with Crippen molar-refractivity contribution in [2.75, 3.05) is 6.54 Å². The van der Waals surface area contributed by atoms with Crippen molar-refractivity contribution in [3.8, 4) is 0 Å². The van der Waals surface area contributed by atoms with Gasteiger partial charge in [-0.05, 0) is 30.3 Å². The van der Waals surface area contributed by atoms with Crippen molar-refractivity contribution in [3.05, 3.63) is 23.4 Å². The summed E-state index contributed by atoms with van der Waals surface area (Å²) < 4.78 is 0. The highest BCUT2D eigenvalue weighted by atomic mass is 16.3. The van der Waals surface area contributed by atoms with Crippen LogP contribution in [0.5, 0.6) is 0 Å². The highest BCUT2D eigenvalue weighted by Crippen LogP contribution is 2.10. The van der Waals surface area contributed by atoms with E-state index in [-0.39, 0.29) is 0 Å². The van der Waals surface area contributed by atoms with Crippen LogP contribution in [0.4, 0.5) is 0 Å². The molecule has 1 atom stereocenters. The normalized spacial score (nSPS) is 24.9. The molecule has 1 unspecified atom stereocenters. The van der Waals surface area contributed by atoms with E-state index in [0.717, 1.165) is 11.1 Å². The fraction of sp³-hybridized carbons (Fsp3) is 0.429. The predicted molar refractivity (Wildman–Crippen MR) is 40.0 cm³/mol. The Morgan fingerprint density at radius 3 is 3.00 bits per heavy atom. The Hall–Kier alpha value is -0.800. The van der Waals surface area contributed by atoms with E-state index in [0.29, 0.717) is 6.54 Å². The SMILES string of the molecule is CC1=C(CN)C=CNC1O. The Balaban J connectivity index is 2.82. The van der Waals surface area contributed by atoms with Crippen LogP contribution in [0.15, 0.2) is 23.4 Å². The molecular weight excluding hydrogens is 128 g/mol. The quantitative estimate of drug-likeness (QED) is 0.468. The molecule has 1 aliphatic heterocycles. The average molecular weight is 140 g/mol. The first-order valence-corrected chi connectivity index (χ1v) is 3.26. The molecule has 0 saturated carbocycles. The van der Waals surface area contributed by atoms with Crippen LogP contribution in [0.3, 0.4) is 0 Å². The molecule has 0 amide bonds. The Labute approximate surface area is 60.2 Å². The first kappa shape index (κ1) is 7.31. The third-order valence-electron chi connectivity index (χ3n) is 1.68. The van der Waals surface area contributed by atoms with Crippen molar-refractivity contribution in [1.29, 1.82) is 0 Å². The summed E-state index contributed by atoms with van der Waals surface area (Å²) in [5.41, 5.74) is 7.32. The van der Waals surface area contributed by atoms with Gasteiger partial charge in [0.05, 0.1) is 0 Å². The van der Waals surface area contributed by atoms with Crippen LogP contribution in [0.1, 0.15) is 6.92 Å². The number of aliphatic hydroxyl groups excluding tert-OH is 1. The Morgan fingerprint density at radius 1 is 1.80 bits per heavy atom. The molecule has 0 bridgehead atoms. The van der Waals surface area contributed by atoms with E-state index in [4.69, 9.17) is 5.73 Å². The van der Waals surface area contributed by atoms with Gasteiger partial charge >= 0.3 is 0 Å². The Morgan fingerprint density at radius 2 is 2.50 bits per heavy atom. The number of nitrogens with two attached hydrogens (primary N) is 1. The van der Waals surface area contributed by atoms with Crippen molar-refractivity contribution in [1.82, 2.24) is 5.32 Å². The lowest BCUT2D eigenvalue weighted by atomic mass is 10.1. The third-order valence-corrected chi connectivity index (χ3v) is 1.68. The molecule has 4 N–H and O–H groups in total. The number of hydrogen-bond donors (Lipinski definition) is 3. The van der Waals surface area contributed by atoms with E-state index >= 15 is 0 Å². The zero-order valence-corrected chi connectivity index (χ0v) is 5.96. The molecule has 0 aromatic heterocycles. The van der Waals surface area contributed by atoms with Gasteiger partial charge in [-0.15, -0.1) is 0 Å². The first-order chi connectivity index (χ1) is 4.75. The molecule has 0 radical (unpaired) electrons. The second-order valence-electron chi connectivity index (χ2n) is 2.31. The maximum Gasteiger partial charge on any atom is 0.146 e. The van der Waals surface area contributed by atoms with Gasteiger partial charge in [-0.3, -0.25) is 0 Å². The fourth-order valence-electron chi connectivity index (χ4n) is 0.901. The van der Waals surface area contributed by atoms with Crippen molar-refractivity contribution in [3.63, 3.8) is 0 Å². The molecule has 0 aromatic rings. The van der Waals surface area contributed by atoms with E-state index in [1.165, 1.54) is 0 Å². The van der Waals surface area contributed by atoms with Gasteiger partial charge in [0.15, 0.2) is 0 Å². The van der Waals surface area contributed by atoms with Crippen LogP contribution in [0.25, 0.3) is 0 Å². The molecule has 0 spiro atoms. The van der Waals surface area contributed by atoms with Gasteiger partial charge in [0.1, 0.15) is 6.23 Å². The smallest absolute Gasteiger partial charge is 0.146 e. The van der Waals surface area contributed by atoms with E-state index in [9.17, 15) is 5.11 Å². The molecule has 1 heterocycles.